The van der Waals surface area contributed by atoms with Crippen molar-refractivity contribution in [1.29, 1.82) is 0 Å². The van der Waals surface area contributed by atoms with Crippen LogP contribution in [0.15, 0.2) is 30.5 Å². The van der Waals surface area contributed by atoms with E-state index in [2.05, 4.69) is 27.5 Å². The van der Waals surface area contributed by atoms with Crippen molar-refractivity contribution >= 4 is 97.5 Å². The molecule has 0 spiro atoms. The first-order valence-electron chi connectivity index (χ1n) is 12.4. The Morgan fingerprint density at radius 1 is 1.02 bits per heavy atom. The van der Waals surface area contributed by atoms with Gasteiger partial charge in [-0.3, -0.25) is 19.9 Å². The van der Waals surface area contributed by atoms with E-state index in [0.29, 0.717) is 33.1 Å². The number of rotatable bonds is 2. The average molecular weight is 707 g/mol. The number of amides is 2. The summed E-state index contributed by atoms with van der Waals surface area (Å²) in [4.78, 5) is 33.7. The fraction of sp³-hybridized carbons (Fsp3) is 0.333. The van der Waals surface area contributed by atoms with E-state index in [0.717, 1.165) is 11.7 Å². The molecule has 212 valence electrons. The Balaban J connectivity index is 0.000000287. The minimum atomic E-state index is -0.583. The molecule has 4 heterocycles. The molecule has 0 radical (unpaired) electrons. The number of nitrogens with one attached hydrogen (secondary N) is 2. The number of carbonyl (C=O) groups excluding carboxylic acids is 2. The number of benzene rings is 2. The third kappa shape index (κ3) is 7.47. The maximum atomic E-state index is 13.8. The number of nitrogens with zero attached hydrogens (tertiary/aromatic N) is 2. The smallest absolute Gasteiger partial charge is 0.696 e. The number of halogens is 1. The maximum Gasteiger partial charge on any atom is 2.00 e. The first-order valence-corrected chi connectivity index (χ1v) is 16.7. The molecule has 2 amide bonds. The predicted octanol–water partition coefficient (Wildman–Crippen LogP) is 3.75. The first kappa shape index (κ1) is 32.6. The summed E-state index contributed by atoms with van der Waals surface area (Å²) in [5.74, 6) is 7.71. The van der Waals surface area contributed by atoms with Crippen molar-refractivity contribution in [2.75, 3.05) is 34.5 Å². The summed E-state index contributed by atoms with van der Waals surface area (Å²) < 4.78 is 19.5. The van der Waals surface area contributed by atoms with Crippen molar-refractivity contribution in [3.8, 4) is 5.75 Å². The standard InChI is InChI=1S/C20H14FN3O3.C6H12S3.CH3NS.Ru/c1-8(2)27-10-3-4-13-11(6-10)14-16-15(19(25)24-20(16)26)12-5-9(21)7-22-17(12)18(14)23-13;1-2-8-5-6-9-4-3-7-1;2-1-3;/h3-8H,1-2H3,(H2,22,23,24,25,26);1-6H2;1H,(H2,2,3);/q;;;+2/p+1. The van der Waals surface area contributed by atoms with E-state index in [1.807, 2.05) is 13.8 Å². The molecule has 1 fully saturated rings. The van der Waals surface area contributed by atoms with Gasteiger partial charge in [0.1, 0.15) is 46.1 Å². The van der Waals surface area contributed by atoms with Crippen molar-refractivity contribution in [2.24, 2.45) is 0 Å². The first-order chi connectivity index (χ1) is 18.8. The van der Waals surface area contributed by atoms with Crippen molar-refractivity contribution in [3.05, 3.63) is 53.1 Å². The summed E-state index contributed by atoms with van der Waals surface area (Å²) in [7, 11) is 0. The topological polar surface area (TPSA) is 106 Å². The zero-order valence-electron chi connectivity index (χ0n) is 21.9. The molecule has 0 saturated carbocycles. The summed E-state index contributed by atoms with van der Waals surface area (Å²) in [5.41, 5.74) is 8.57. The molecular weight excluding hydrogens is 677 g/mol. The van der Waals surface area contributed by atoms with E-state index in [9.17, 15) is 14.0 Å². The summed E-state index contributed by atoms with van der Waals surface area (Å²) in [6.07, 6.45) is 1.06. The second-order valence-corrected chi connectivity index (χ2v) is 13.2. The third-order valence-electron chi connectivity index (χ3n) is 5.86. The van der Waals surface area contributed by atoms with Crippen LogP contribution in [0.1, 0.15) is 34.6 Å². The molecule has 13 heteroatoms. The molecule has 2 aromatic heterocycles. The Bertz CT molecular complexity index is 1500. The van der Waals surface area contributed by atoms with Crippen LogP contribution in [0, 0.1) is 5.82 Å². The Kier molecular flexibility index (Phi) is 12.5. The van der Waals surface area contributed by atoms with Crippen LogP contribution in [0.25, 0.3) is 38.4 Å². The van der Waals surface area contributed by atoms with E-state index >= 15 is 0 Å². The molecular formula is C27H30FN4O3RuS4+3. The molecule has 2 aliphatic heterocycles. The molecule has 0 atom stereocenters. The molecule has 4 aromatic rings. The Labute approximate surface area is 262 Å². The van der Waals surface area contributed by atoms with Gasteiger partial charge in [0.05, 0.1) is 28.9 Å². The van der Waals surface area contributed by atoms with Crippen LogP contribution in [0.3, 0.4) is 0 Å². The number of aromatic nitrogens is 2. The number of thiocarbonyl (C=S) groups is 1. The second kappa shape index (κ2) is 15.4. The van der Waals surface area contributed by atoms with Gasteiger partial charge in [0.2, 0.25) is 0 Å². The number of pyridine rings is 1. The minimum Gasteiger partial charge on any atom is -0.696 e. The summed E-state index contributed by atoms with van der Waals surface area (Å²) in [6, 6.07) is 6.61. The monoisotopic (exact) mass is 707 g/mol. The van der Waals surface area contributed by atoms with Gasteiger partial charge in [-0.05, 0) is 78.1 Å². The molecule has 0 bridgehead atoms. The molecule has 2 N–H and O–H groups in total. The molecule has 2 aromatic carbocycles. The Morgan fingerprint density at radius 2 is 1.60 bits per heavy atom. The maximum absolute atomic E-state index is 13.8. The quantitative estimate of drug-likeness (QED) is 0.112. The summed E-state index contributed by atoms with van der Waals surface area (Å²) >= 11 is 9.04. The predicted molar refractivity (Wildman–Crippen MR) is 171 cm³/mol. The van der Waals surface area contributed by atoms with Crippen LogP contribution in [0.4, 0.5) is 4.39 Å². The Hall–Kier alpha value is -1.92. The minimum absolute atomic E-state index is 0. The van der Waals surface area contributed by atoms with Gasteiger partial charge in [0.15, 0.2) is 0 Å². The number of hydrogen-bond donors (Lipinski definition) is 1. The largest absolute Gasteiger partial charge is 2.00 e. The van der Waals surface area contributed by atoms with E-state index < -0.39 is 17.6 Å². The molecule has 2 aliphatic rings. The van der Waals surface area contributed by atoms with Gasteiger partial charge in [0, 0.05) is 5.39 Å². The van der Waals surface area contributed by atoms with Crippen LogP contribution in [-0.2, 0) is 54.8 Å². The van der Waals surface area contributed by atoms with E-state index in [4.69, 9.17) is 10.5 Å². The van der Waals surface area contributed by atoms with E-state index in [1.54, 1.807) is 53.5 Å². The van der Waals surface area contributed by atoms with Gasteiger partial charge in [0.25, 0.3) is 11.8 Å². The van der Waals surface area contributed by atoms with Crippen molar-refractivity contribution in [3.63, 3.8) is 0 Å². The van der Waals surface area contributed by atoms with Gasteiger partial charge in [-0.1, -0.05) is 6.07 Å². The molecule has 6 rings (SSSR count). The van der Waals surface area contributed by atoms with E-state index in [-0.39, 0.29) is 42.1 Å². The fourth-order valence-corrected chi connectivity index (χ4v) is 8.48. The molecule has 0 aliphatic carbocycles. The SMILES string of the molecule is C1C[SH+]CC[SH+]CC[SH+]1.CC(C)Oc1ccc2[n-]c3c4ncc(F)cc4c4c(c3c2c1)C(=O)NC4=O.[NH-]C=S.[Ru+2]. The summed E-state index contributed by atoms with van der Waals surface area (Å²) in [6.45, 7) is 3.84. The fourth-order valence-electron chi connectivity index (χ4n) is 4.42. The van der Waals surface area contributed by atoms with Gasteiger partial charge in [-0.15, -0.1) is 28.7 Å². The molecule has 40 heavy (non-hydrogen) atoms. The van der Waals surface area contributed by atoms with Crippen molar-refractivity contribution in [2.45, 2.75) is 20.0 Å². The number of thiol groups is 3. The number of carbonyl (C=O) groups is 2. The van der Waals surface area contributed by atoms with Crippen LogP contribution in [0.2, 0.25) is 0 Å². The zero-order chi connectivity index (χ0) is 27.9. The molecule has 0 unspecified atom stereocenters. The van der Waals surface area contributed by atoms with Gasteiger partial charge >= 0.3 is 19.5 Å². The van der Waals surface area contributed by atoms with Gasteiger partial charge in [-0.25, -0.2) is 4.39 Å². The number of imide groups is 1. The second-order valence-electron chi connectivity index (χ2n) is 8.89. The van der Waals surface area contributed by atoms with Crippen LogP contribution >= 0.6 is 12.2 Å². The number of hydrogen-bond acceptors (Lipinski definition) is 5. The zero-order valence-corrected chi connectivity index (χ0v) is 27.1. The van der Waals surface area contributed by atoms with Gasteiger partial charge in [-0.2, -0.15) is 0 Å². The van der Waals surface area contributed by atoms with Crippen LogP contribution < -0.4 is 15.0 Å². The molecule has 7 nitrogen and oxygen atoms in total. The van der Waals surface area contributed by atoms with E-state index in [1.165, 1.54) is 40.6 Å². The summed E-state index contributed by atoms with van der Waals surface area (Å²) in [5, 5.41) is 3.80. The normalized spacial score (nSPS) is 15.0. The van der Waals surface area contributed by atoms with Crippen molar-refractivity contribution < 1.29 is 38.2 Å². The van der Waals surface area contributed by atoms with Crippen LogP contribution in [0.5, 0.6) is 5.75 Å². The van der Waals surface area contributed by atoms with Gasteiger partial charge < -0.3 is 15.5 Å². The Morgan fingerprint density at radius 3 is 2.17 bits per heavy atom. The molecule has 1 saturated heterocycles. The average Bonchev–Trinajstić information content (AvgIpc) is 3.45. The van der Waals surface area contributed by atoms with Crippen molar-refractivity contribution in [1.82, 2.24) is 15.3 Å². The number of ether oxygens (including phenoxy) is 1. The number of fused-ring (bicyclic) bond motifs is 8. The van der Waals surface area contributed by atoms with Crippen LogP contribution in [-0.4, -0.2) is 62.9 Å². The third-order valence-corrected chi connectivity index (χ3v) is 10.2.